The first-order valence-corrected chi connectivity index (χ1v) is 8.86. The van der Waals surface area contributed by atoms with E-state index in [4.69, 9.17) is 13.9 Å². The maximum Gasteiger partial charge on any atom is 0.134 e. The van der Waals surface area contributed by atoms with Crippen LogP contribution in [-0.4, -0.2) is 50.0 Å². The third-order valence-electron chi connectivity index (χ3n) is 5.68. The molecule has 4 rings (SSSR count). The molecule has 1 aromatic carbocycles. The van der Waals surface area contributed by atoms with Gasteiger partial charge in [-0.2, -0.15) is 0 Å². The highest BCUT2D eigenvalue weighted by Crippen LogP contribution is 2.42. The molecule has 25 heavy (non-hydrogen) atoms. The standard InChI is InChI=1S/C20H25NO4/c1-23-17-4-2-15(3-5-17)19-7-6-18(25-19)11-21-10-16-12-24-9-8-20(16,13-21)14-22/h2-7,16,22H,8-14H2,1H3/t16-,20-/m1/s1. The minimum absolute atomic E-state index is 0.00363. The fourth-order valence-corrected chi connectivity index (χ4v) is 4.13. The van der Waals surface area contributed by atoms with Crippen LogP contribution in [0.25, 0.3) is 11.3 Å². The van der Waals surface area contributed by atoms with E-state index < -0.39 is 0 Å². The Balaban J connectivity index is 1.44. The van der Waals surface area contributed by atoms with Crippen molar-refractivity contribution in [1.29, 1.82) is 0 Å². The second-order valence-electron chi connectivity index (χ2n) is 7.21. The number of benzene rings is 1. The molecule has 1 aromatic heterocycles. The Morgan fingerprint density at radius 1 is 1.24 bits per heavy atom. The lowest BCUT2D eigenvalue weighted by molar-refractivity contribution is -0.0417. The molecule has 1 N–H and O–H groups in total. The number of aliphatic hydroxyl groups is 1. The predicted octanol–water partition coefficient (Wildman–Crippen LogP) is 2.79. The van der Waals surface area contributed by atoms with E-state index >= 15 is 0 Å². The van der Waals surface area contributed by atoms with E-state index in [-0.39, 0.29) is 12.0 Å². The van der Waals surface area contributed by atoms with Crippen molar-refractivity contribution in [3.05, 3.63) is 42.2 Å². The Hall–Kier alpha value is -1.82. The van der Waals surface area contributed by atoms with Crippen LogP contribution in [0.3, 0.4) is 0 Å². The van der Waals surface area contributed by atoms with Gasteiger partial charge in [0, 0.05) is 36.6 Å². The van der Waals surface area contributed by atoms with Gasteiger partial charge in [0.15, 0.2) is 0 Å². The molecule has 2 atom stereocenters. The summed E-state index contributed by atoms with van der Waals surface area (Å²) in [5.74, 6) is 3.09. The van der Waals surface area contributed by atoms with Crippen LogP contribution in [0.4, 0.5) is 0 Å². The van der Waals surface area contributed by atoms with Crippen molar-refractivity contribution in [2.45, 2.75) is 13.0 Å². The van der Waals surface area contributed by atoms with E-state index in [1.165, 1.54) is 0 Å². The molecule has 2 aromatic rings. The average Bonchev–Trinajstić information content (AvgIpc) is 3.26. The van der Waals surface area contributed by atoms with Crippen LogP contribution >= 0.6 is 0 Å². The summed E-state index contributed by atoms with van der Waals surface area (Å²) in [6, 6.07) is 11.9. The Bertz CT molecular complexity index is 711. The van der Waals surface area contributed by atoms with Gasteiger partial charge < -0.3 is 19.0 Å². The van der Waals surface area contributed by atoms with Crippen LogP contribution in [0.2, 0.25) is 0 Å². The summed E-state index contributed by atoms with van der Waals surface area (Å²) >= 11 is 0. The topological polar surface area (TPSA) is 55.1 Å². The van der Waals surface area contributed by atoms with Gasteiger partial charge >= 0.3 is 0 Å². The number of ether oxygens (including phenoxy) is 2. The zero-order valence-electron chi connectivity index (χ0n) is 14.6. The second kappa shape index (κ2) is 6.83. The molecule has 5 heteroatoms. The van der Waals surface area contributed by atoms with Gasteiger partial charge in [-0.15, -0.1) is 0 Å². The minimum Gasteiger partial charge on any atom is -0.497 e. The van der Waals surface area contributed by atoms with Gasteiger partial charge in [-0.3, -0.25) is 4.90 Å². The molecule has 134 valence electrons. The summed E-state index contributed by atoms with van der Waals surface area (Å²) in [4.78, 5) is 2.38. The largest absolute Gasteiger partial charge is 0.497 e. The zero-order valence-corrected chi connectivity index (χ0v) is 14.6. The molecule has 2 saturated heterocycles. The van der Waals surface area contributed by atoms with Gasteiger partial charge in [0.25, 0.3) is 0 Å². The van der Waals surface area contributed by atoms with Crippen molar-refractivity contribution in [2.75, 3.05) is 40.0 Å². The normalized spacial score (nSPS) is 26.6. The summed E-state index contributed by atoms with van der Waals surface area (Å²) in [7, 11) is 1.66. The SMILES string of the molecule is COc1ccc(-c2ccc(CN3C[C@@H]4COCC[C@]4(CO)C3)o2)cc1. The molecule has 0 radical (unpaired) electrons. The van der Waals surface area contributed by atoms with Crippen LogP contribution in [0.1, 0.15) is 12.2 Å². The van der Waals surface area contributed by atoms with Gasteiger partial charge in [-0.25, -0.2) is 0 Å². The fraction of sp³-hybridized carbons (Fsp3) is 0.500. The summed E-state index contributed by atoms with van der Waals surface area (Å²) < 4.78 is 16.9. The Morgan fingerprint density at radius 2 is 2.08 bits per heavy atom. The van der Waals surface area contributed by atoms with Gasteiger partial charge in [0.1, 0.15) is 17.3 Å². The number of rotatable bonds is 5. The van der Waals surface area contributed by atoms with Crippen molar-refractivity contribution in [1.82, 2.24) is 4.90 Å². The van der Waals surface area contributed by atoms with Crippen LogP contribution < -0.4 is 4.74 Å². The number of likely N-dealkylation sites (tertiary alicyclic amines) is 1. The molecule has 0 spiro atoms. The average molecular weight is 343 g/mol. The van der Waals surface area contributed by atoms with E-state index in [1.54, 1.807) is 7.11 Å². The maximum atomic E-state index is 9.92. The summed E-state index contributed by atoms with van der Waals surface area (Å²) in [6.07, 6.45) is 0.944. The highest BCUT2D eigenvalue weighted by atomic mass is 16.5. The third-order valence-corrected chi connectivity index (χ3v) is 5.68. The van der Waals surface area contributed by atoms with Gasteiger partial charge in [0.2, 0.25) is 0 Å². The molecule has 0 bridgehead atoms. The fourth-order valence-electron chi connectivity index (χ4n) is 4.13. The highest BCUT2D eigenvalue weighted by molar-refractivity contribution is 5.58. The zero-order chi connectivity index (χ0) is 17.3. The number of hydrogen-bond acceptors (Lipinski definition) is 5. The molecule has 2 fully saturated rings. The van der Waals surface area contributed by atoms with Crippen molar-refractivity contribution in [3.63, 3.8) is 0 Å². The van der Waals surface area contributed by atoms with Crippen molar-refractivity contribution in [3.8, 4) is 17.1 Å². The smallest absolute Gasteiger partial charge is 0.134 e. The van der Waals surface area contributed by atoms with E-state index in [1.807, 2.05) is 36.4 Å². The molecule has 2 aliphatic heterocycles. The second-order valence-corrected chi connectivity index (χ2v) is 7.21. The predicted molar refractivity (Wildman–Crippen MR) is 94.4 cm³/mol. The number of furan rings is 1. The van der Waals surface area contributed by atoms with Crippen LogP contribution in [-0.2, 0) is 11.3 Å². The quantitative estimate of drug-likeness (QED) is 0.905. The molecule has 5 nitrogen and oxygen atoms in total. The van der Waals surface area contributed by atoms with Crippen molar-refractivity contribution >= 4 is 0 Å². The molecule has 0 unspecified atom stereocenters. The lowest BCUT2D eigenvalue weighted by Crippen LogP contribution is -2.41. The monoisotopic (exact) mass is 343 g/mol. The minimum atomic E-state index is 0.00363. The lowest BCUT2D eigenvalue weighted by atomic mass is 9.75. The summed E-state index contributed by atoms with van der Waals surface area (Å²) in [6.45, 7) is 4.40. The Morgan fingerprint density at radius 3 is 2.80 bits per heavy atom. The summed E-state index contributed by atoms with van der Waals surface area (Å²) in [5, 5.41) is 9.92. The van der Waals surface area contributed by atoms with Crippen LogP contribution in [0, 0.1) is 11.3 Å². The summed E-state index contributed by atoms with van der Waals surface area (Å²) in [5.41, 5.74) is 1.05. The molecular formula is C20H25NO4. The van der Waals surface area contributed by atoms with Crippen molar-refractivity contribution < 1.29 is 19.0 Å². The lowest BCUT2D eigenvalue weighted by Gasteiger charge is -2.36. The van der Waals surface area contributed by atoms with E-state index in [2.05, 4.69) is 4.90 Å². The highest BCUT2D eigenvalue weighted by Gasteiger charge is 2.47. The van der Waals surface area contributed by atoms with Crippen LogP contribution in [0.15, 0.2) is 40.8 Å². The maximum absolute atomic E-state index is 9.92. The first-order valence-electron chi connectivity index (χ1n) is 8.86. The number of aliphatic hydroxyl groups excluding tert-OH is 1. The number of nitrogens with zero attached hydrogens (tertiary/aromatic N) is 1. The first kappa shape index (κ1) is 16.6. The molecule has 3 heterocycles. The van der Waals surface area contributed by atoms with Crippen LogP contribution in [0.5, 0.6) is 5.75 Å². The molecule has 2 aliphatic rings. The number of fused-ring (bicyclic) bond motifs is 1. The number of hydrogen-bond donors (Lipinski definition) is 1. The molecule has 0 saturated carbocycles. The van der Waals surface area contributed by atoms with Gasteiger partial charge in [0.05, 0.1) is 26.9 Å². The third kappa shape index (κ3) is 3.19. The first-order chi connectivity index (χ1) is 12.2. The van der Waals surface area contributed by atoms with E-state index in [0.29, 0.717) is 5.92 Å². The molecule has 0 aliphatic carbocycles. The van der Waals surface area contributed by atoms with E-state index in [9.17, 15) is 5.11 Å². The molecular weight excluding hydrogens is 318 g/mol. The van der Waals surface area contributed by atoms with E-state index in [0.717, 1.165) is 62.1 Å². The van der Waals surface area contributed by atoms with Gasteiger partial charge in [-0.1, -0.05) is 0 Å². The number of methoxy groups -OCH3 is 1. The van der Waals surface area contributed by atoms with Crippen molar-refractivity contribution in [2.24, 2.45) is 11.3 Å². The van der Waals surface area contributed by atoms with Gasteiger partial charge in [-0.05, 0) is 42.8 Å². The molecule has 0 amide bonds. The Kier molecular flexibility index (Phi) is 4.54. The Labute approximate surface area is 148 Å².